The summed E-state index contributed by atoms with van der Waals surface area (Å²) in [4.78, 5) is 2.25. The van der Waals surface area contributed by atoms with E-state index in [0.717, 1.165) is 36.0 Å². The Labute approximate surface area is 162 Å². The van der Waals surface area contributed by atoms with E-state index in [-0.39, 0.29) is 11.6 Å². The molecule has 0 aliphatic carbocycles. The number of halogens is 2. The third-order valence-electron chi connectivity index (χ3n) is 5.38. The third kappa shape index (κ3) is 3.96. The quantitative estimate of drug-likeness (QED) is 0.834. The monoisotopic (exact) mass is 392 g/mol. The van der Waals surface area contributed by atoms with Crippen molar-refractivity contribution in [1.82, 2.24) is 14.7 Å². The molecular formula is C20H26F2N4O2. The van der Waals surface area contributed by atoms with Gasteiger partial charge in [-0.1, -0.05) is 0 Å². The van der Waals surface area contributed by atoms with Gasteiger partial charge in [-0.3, -0.25) is 9.58 Å². The van der Waals surface area contributed by atoms with Gasteiger partial charge in [0.05, 0.1) is 24.4 Å². The molecule has 152 valence electrons. The molecule has 1 aromatic carbocycles. The molecule has 2 aromatic rings. The summed E-state index contributed by atoms with van der Waals surface area (Å²) in [6.07, 6.45) is 1.96. The molecule has 0 amide bonds. The van der Waals surface area contributed by atoms with Gasteiger partial charge in [-0.2, -0.15) is 5.10 Å². The Bertz CT molecular complexity index is 841. The van der Waals surface area contributed by atoms with Gasteiger partial charge in [-0.25, -0.2) is 8.78 Å². The van der Waals surface area contributed by atoms with Crippen LogP contribution in [0.3, 0.4) is 0 Å². The van der Waals surface area contributed by atoms with Crippen LogP contribution in [0.4, 0.5) is 8.78 Å². The third-order valence-corrected chi connectivity index (χ3v) is 5.38. The van der Waals surface area contributed by atoms with Crippen LogP contribution in [-0.4, -0.2) is 44.1 Å². The normalized spacial score (nSPS) is 25.9. The maximum atomic E-state index is 14.1. The first kappa shape index (κ1) is 19.4. The van der Waals surface area contributed by atoms with Crippen LogP contribution in [0.15, 0.2) is 24.4 Å². The maximum Gasteiger partial charge on any atom is 0.129 e. The molecule has 1 saturated heterocycles. The lowest BCUT2D eigenvalue weighted by Crippen LogP contribution is -2.47. The number of fused-ring (bicyclic) bond motifs is 1. The zero-order valence-corrected chi connectivity index (χ0v) is 16.1. The zero-order valence-electron chi connectivity index (χ0n) is 16.1. The van der Waals surface area contributed by atoms with Gasteiger partial charge in [0.25, 0.3) is 0 Å². The van der Waals surface area contributed by atoms with E-state index in [4.69, 9.17) is 10.5 Å². The van der Waals surface area contributed by atoms with Crippen molar-refractivity contribution in [1.29, 1.82) is 0 Å². The van der Waals surface area contributed by atoms with Crippen LogP contribution in [0.1, 0.15) is 43.2 Å². The summed E-state index contributed by atoms with van der Waals surface area (Å²) in [6.45, 7) is 5.78. The molecule has 2 aliphatic heterocycles. The van der Waals surface area contributed by atoms with Crippen molar-refractivity contribution in [3.63, 3.8) is 0 Å². The summed E-state index contributed by atoms with van der Waals surface area (Å²) in [5.41, 5.74) is 7.77. The minimum absolute atomic E-state index is 0.0970. The summed E-state index contributed by atoms with van der Waals surface area (Å²) in [5, 5.41) is 14.5. The first-order chi connectivity index (χ1) is 13.2. The highest BCUT2D eigenvalue weighted by Gasteiger charge is 2.37. The molecular weight excluding hydrogens is 366 g/mol. The van der Waals surface area contributed by atoms with Gasteiger partial charge >= 0.3 is 0 Å². The molecule has 0 spiro atoms. The summed E-state index contributed by atoms with van der Waals surface area (Å²) >= 11 is 0. The lowest BCUT2D eigenvalue weighted by atomic mass is 9.93. The number of nitrogens with zero attached hydrogens (tertiary/aromatic N) is 3. The molecule has 6 nitrogen and oxygen atoms in total. The van der Waals surface area contributed by atoms with E-state index in [1.165, 1.54) is 0 Å². The van der Waals surface area contributed by atoms with E-state index < -0.39 is 29.4 Å². The van der Waals surface area contributed by atoms with Crippen molar-refractivity contribution in [3.05, 3.63) is 52.9 Å². The van der Waals surface area contributed by atoms with Crippen LogP contribution in [-0.2, 0) is 24.4 Å². The van der Waals surface area contributed by atoms with E-state index in [1.807, 2.05) is 6.20 Å². The van der Waals surface area contributed by atoms with Crippen LogP contribution in [0.25, 0.3) is 0 Å². The fourth-order valence-corrected chi connectivity index (χ4v) is 4.12. The largest absolute Gasteiger partial charge is 0.389 e. The number of aromatic nitrogens is 2. The standard InChI is InChI=1S/C20H26F2N4O2/c1-20(2,27)11-26-8-12-7-25(9-18(12)24-26)14-6-17(23)19(28-10-14)15-5-13(21)3-4-16(15)22/h3-5,8,14,17,19,27H,6-7,9-11,23H2,1-2H3/t14-,17+,19-/m1/s1. The van der Waals surface area contributed by atoms with Crippen LogP contribution in [0.5, 0.6) is 0 Å². The van der Waals surface area contributed by atoms with Gasteiger partial charge in [-0.05, 0) is 38.5 Å². The van der Waals surface area contributed by atoms with Crippen LogP contribution < -0.4 is 5.73 Å². The van der Waals surface area contributed by atoms with E-state index in [2.05, 4.69) is 10.00 Å². The smallest absolute Gasteiger partial charge is 0.129 e. The first-order valence-electron chi connectivity index (χ1n) is 9.53. The second-order valence-corrected chi connectivity index (χ2v) is 8.49. The first-order valence-corrected chi connectivity index (χ1v) is 9.53. The number of hydrogen-bond acceptors (Lipinski definition) is 5. The van der Waals surface area contributed by atoms with Crippen molar-refractivity contribution in [2.24, 2.45) is 5.73 Å². The molecule has 3 heterocycles. The zero-order chi connectivity index (χ0) is 20.1. The lowest BCUT2D eigenvalue weighted by molar-refractivity contribution is -0.0534. The SMILES string of the molecule is CC(C)(O)Cn1cc2c(n1)CN([C@H]1CO[C@H](c3cc(F)ccc3F)[C@@H](N)C1)C2. The van der Waals surface area contributed by atoms with Gasteiger partial charge in [0.15, 0.2) is 0 Å². The molecule has 0 unspecified atom stereocenters. The average Bonchev–Trinajstić information content (AvgIpc) is 3.14. The molecule has 4 rings (SSSR count). The topological polar surface area (TPSA) is 76.5 Å². The second kappa shape index (κ2) is 7.18. The van der Waals surface area contributed by atoms with Crippen molar-refractivity contribution >= 4 is 0 Å². The van der Waals surface area contributed by atoms with E-state index in [9.17, 15) is 13.9 Å². The van der Waals surface area contributed by atoms with Gasteiger partial charge in [0.2, 0.25) is 0 Å². The fraction of sp³-hybridized carbons (Fsp3) is 0.550. The van der Waals surface area contributed by atoms with Crippen molar-refractivity contribution in [2.45, 2.75) is 63.7 Å². The Hall–Kier alpha value is -1.87. The minimum atomic E-state index is -0.815. The number of nitrogens with two attached hydrogens (primary N) is 1. The summed E-state index contributed by atoms with van der Waals surface area (Å²) in [6, 6.07) is 3.04. The highest BCUT2D eigenvalue weighted by atomic mass is 19.1. The number of aliphatic hydroxyl groups is 1. The van der Waals surface area contributed by atoms with Gasteiger partial charge in [0, 0.05) is 42.5 Å². The van der Waals surface area contributed by atoms with Crippen LogP contribution >= 0.6 is 0 Å². The van der Waals surface area contributed by atoms with Gasteiger partial charge in [-0.15, -0.1) is 0 Å². The van der Waals surface area contributed by atoms with Gasteiger partial charge in [0.1, 0.15) is 17.7 Å². The Morgan fingerprint density at radius 2 is 2.11 bits per heavy atom. The Kier molecular flexibility index (Phi) is 4.99. The number of ether oxygens (including phenoxy) is 1. The summed E-state index contributed by atoms with van der Waals surface area (Å²) in [7, 11) is 0. The van der Waals surface area contributed by atoms with Crippen molar-refractivity contribution in [3.8, 4) is 0 Å². The molecule has 0 saturated carbocycles. The van der Waals surface area contributed by atoms with E-state index in [1.54, 1.807) is 18.5 Å². The predicted molar refractivity (Wildman–Crippen MR) is 99.2 cm³/mol. The highest BCUT2D eigenvalue weighted by Crippen LogP contribution is 2.34. The molecule has 0 radical (unpaired) electrons. The van der Waals surface area contributed by atoms with E-state index in [0.29, 0.717) is 26.1 Å². The highest BCUT2D eigenvalue weighted by molar-refractivity contribution is 5.24. The lowest BCUT2D eigenvalue weighted by Gasteiger charge is -2.38. The minimum Gasteiger partial charge on any atom is -0.389 e. The van der Waals surface area contributed by atoms with Crippen LogP contribution in [0, 0.1) is 11.6 Å². The molecule has 2 aliphatic rings. The van der Waals surface area contributed by atoms with Crippen molar-refractivity contribution < 1.29 is 18.6 Å². The number of rotatable bonds is 4. The Balaban J connectivity index is 1.40. The average molecular weight is 392 g/mol. The Morgan fingerprint density at radius 3 is 2.79 bits per heavy atom. The molecule has 28 heavy (non-hydrogen) atoms. The van der Waals surface area contributed by atoms with Gasteiger partial charge < -0.3 is 15.6 Å². The predicted octanol–water partition coefficient (Wildman–Crippen LogP) is 2.11. The van der Waals surface area contributed by atoms with E-state index >= 15 is 0 Å². The molecule has 1 aromatic heterocycles. The molecule has 8 heteroatoms. The molecule has 1 fully saturated rings. The second-order valence-electron chi connectivity index (χ2n) is 8.49. The molecule has 3 atom stereocenters. The van der Waals surface area contributed by atoms with Crippen LogP contribution in [0.2, 0.25) is 0 Å². The van der Waals surface area contributed by atoms with Crippen molar-refractivity contribution in [2.75, 3.05) is 6.61 Å². The summed E-state index contributed by atoms with van der Waals surface area (Å²) < 4.78 is 35.2. The number of benzene rings is 1. The summed E-state index contributed by atoms with van der Waals surface area (Å²) in [5.74, 6) is -0.996. The Morgan fingerprint density at radius 1 is 1.32 bits per heavy atom. The molecule has 0 bridgehead atoms. The molecule has 3 N–H and O–H groups in total. The fourth-order valence-electron chi connectivity index (χ4n) is 4.12. The number of hydrogen-bond donors (Lipinski definition) is 2. The maximum absolute atomic E-state index is 14.1.